The summed E-state index contributed by atoms with van der Waals surface area (Å²) < 4.78 is 1.15. The topological polar surface area (TPSA) is 20.2 Å². The minimum Gasteiger partial charge on any atom is -0.508 e. The molecule has 1 atom stereocenters. The lowest BCUT2D eigenvalue weighted by molar-refractivity contribution is 0.475. The SMILES string of the molecule is CCCC(CI)c1ccc(O)cc1. The van der Waals surface area contributed by atoms with Crippen LogP contribution in [-0.4, -0.2) is 9.53 Å². The molecule has 1 nitrogen and oxygen atoms in total. The van der Waals surface area contributed by atoms with Gasteiger partial charge in [-0.1, -0.05) is 48.1 Å². The number of aromatic hydroxyl groups is 1. The third-order valence-electron chi connectivity index (χ3n) is 2.19. The Morgan fingerprint density at radius 1 is 1.31 bits per heavy atom. The van der Waals surface area contributed by atoms with Crippen LogP contribution in [-0.2, 0) is 0 Å². The fraction of sp³-hybridized carbons (Fsp3) is 0.455. The average molecular weight is 290 g/mol. The molecular weight excluding hydrogens is 275 g/mol. The van der Waals surface area contributed by atoms with Gasteiger partial charge in [0.05, 0.1) is 0 Å². The van der Waals surface area contributed by atoms with Crippen molar-refractivity contribution < 1.29 is 5.11 Å². The summed E-state index contributed by atoms with van der Waals surface area (Å²) in [6.45, 7) is 2.21. The van der Waals surface area contributed by atoms with E-state index >= 15 is 0 Å². The number of rotatable bonds is 4. The lowest BCUT2D eigenvalue weighted by atomic mass is 9.97. The molecule has 0 amide bonds. The van der Waals surface area contributed by atoms with Crippen LogP contribution in [0.25, 0.3) is 0 Å². The van der Waals surface area contributed by atoms with E-state index in [0.29, 0.717) is 11.7 Å². The summed E-state index contributed by atoms with van der Waals surface area (Å²) in [5.74, 6) is 0.999. The zero-order valence-corrected chi connectivity index (χ0v) is 9.99. The number of benzene rings is 1. The van der Waals surface area contributed by atoms with Crippen molar-refractivity contribution in [3.8, 4) is 5.75 Å². The molecule has 2 heteroatoms. The van der Waals surface area contributed by atoms with Gasteiger partial charge in [0.1, 0.15) is 5.75 Å². The quantitative estimate of drug-likeness (QED) is 0.662. The maximum Gasteiger partial charge on any atom is 0.115 e. The molecule has 0 saturated carbocycles. The number of phenols is 1. The van der Waals surface area contributed by atoms with Crippen LogP contribution in [0, 0.1) is 0 Å². The number of alkyl halides is 1. The minimum atomic E-state index is 0.354. The van der Waals surface area contributed by atoms with Gasteiger partial charge >= 0.3 is 0 Å². The summed E-state index contributed by atoms with van der Waals surface area (Å²) in [7, 11) is 0. The van der Waals surface area contributed by atoms with Crippen LogP contribution in [0.15, 0.2) is 24.3 Å². The summed E-state index contributed by atoms with van der Waals surface area (Å²) in [4.78, 5) is 0. The van der Waals surface area contributed by atoms with Crippen molar-refractivity contribution in [2.45, 2.75) is 25.7 Å². The summed E-state index contributed by atoms with van der Waals surface area (Å²) in [5, 5.41) is 9.14. The van der Waals surface area contributed by atoms with Crippen LogP contribution in [0.1, 0.15) is 31.2 Å². The van der Waals surface area contributed by atoms with Crippen LogP contribution in [0.2, 0.25) is 0 Å². The Bertz CT molecular complexity index is 243. The fourth-order valence-corrected chi connectivity index (χ4v) is 2.38. The molecule has 13 heavy (non-hydrogen) atoms. The Kier molecular flexibility index (Phi) is 4.56. The van der Waals surface area contributed by atoms with Crippen LogP contribution >= 0.6 is 22.6 Å². The highest BCUT2D eigenvalue weighted by atomic mass is 127. The summed E-state index contributed by atoms with van der Waals surface area (Å²) in [6.07, 6.45) is 2.45. The van der Waals surface area contributed by atoms with Crippen molar-refractivity contribution in [3.05, 3.63) is 29.8 Å². The van der Waals surface area contributed by atoms with Gasteiger partial charge in [0, 0.05) is 4.43 Å². The molecule has 0 radical (unpaired) electrons. The highest BCUT2D eigenvalue weighted by molar-refractivity contribution is 14.1. The lowest BCUT2D eigenvalue weighted by Crippen LogP contribution is -1.98. The van der Waals surface area contributed by atoms with E-state index in [-0.39, 0.29) is 0 Å². The second kappa shape index (κ2) is 5.47. The third kappa shape index (κ3) is 3.18. The van der Waals surface area contributed by atoms with E-state index in [1.807, 2.05) is 12.1 Å². The molecule has 1 unspecified atom stereocenters. The molecule has 0 saturated heterocycles. The van der Waals surface area contributed by atoms with Crippen molar-refractivity contribution >= 4 is 22.6 Å². The molecule has 1 N–H and O–H groups in total. The van der Waals surface area contributed by atoms with Gasteiger partial charge in [-0.2, -0.15) is 0 Å². The van der Waals surface area contributed by atoms with Crippen LogP contribution in [0.3, 0.4) is 0 Å². The van der Waals surface area contributed by atoms with E-state index < -0.39 is 0 Å². The van der Waals surface area contributed by atoms with Crippen molar-refractivity contribution in [1.29, 1.82) is 0 Å². The van der Waals surface area contributed by atoms with Gasteiger partial charge in [0.25, 0.3) is 0 Å². The minimum absolute atomic E-state index is 0.354. The van der Waals surface area contributed by atoms with Crippen molar-refractivity contribution in [3.63, 3.8) is 0 Å². The molecule has 0 aliphatic rings. The van der Waals surface area contributed by atoms with Gasteiger partial charge in [-0.25, -0.2) is 0 Å². The van der Waals surface area contributed by atoms with E-state index in [0.717, 1.165) is 4.43 Å². The van der Waals surface area contributed by atoms with Crippen molar-refractivity contribution in [2.24, 2.45) is 0 Å². The van der Waals surface area contributed by atoms with Crippen LogP contribution < -0.4 is 0 Å². The molecule has 0 heterocycles. The Balaban J connectivity index is 2.73. The number of hydrogen-bond donors (Lipinski definition) is 1. The summed E-state index contributed by atoms with van der Waals surface area (Å²) in [5.41, 5.74) is 1.34. The first-order valence-corrected chi connectivity index (χ1v) is 6.15. The summed E-state index contributed by atoms with van der Waals surface area (Å²) in [6, 6.07) is 7.58. The largest absolute Gasteiger partial charge is 0.508 e. The predicted octanol–water partition coefficient (Wildman–Crippen LogP) is 3.71. The molecule has 0 fully saturated rings. The van der Waals surface area contributed by atoms with Crippen LogP contribution in [0.4, 0.5) is 0 Å². The standard InChI is InChI=1S/C11H15IO/c1-2-3-10(8-12)9-4-6-11(13)7-5-9/h4-7,10,13H,2-3,8H2,1H3. The fourth-order valence-electron chi connectivity index (χ4n) is 1.43. The monoisotopic (exact) mass is 290 g/mol. The van der Waals surface area contributed by atoms with Gasteiger partial charge in [-0.05, 0) is 30.0 Å². The highest BCUT2D eigenvalue weighted by Gasteiger charge is 2.07. The molecule has 72 valence electrons. The molecule has 1 aromatic rings. The Morgan fingerprint density at radius 3 is 2.38 bits per heavy atom. The van der Waals surface area contributed by atoms with Gasteiger partial charge in [-0.15, -0.1) is 0 Å². The van der Waals surface area contributed by atoms with Crippen LogP contribution in [0.5, 0.6) is 5.75 Å². The van der Waals surface area contributed by atoms with Crippen molar-refractivity contribution in [1.82, 2.24) is 0 Å². The predicted molar refractivity (Wildman–Crippen MR) is 64.6 cm³/mol. The first-order chi connectivity index (χ1) is 6.27. The van der Waals surface area contributed by atoms with E-state index in [4.69, 9.17) is 5.11 Å². The maximum atomic E-state index is 9.14. The van der Waals surface area contributed by atoms with Gasteiger partial charge < -0.3 is 5.11 Å². The highest BCUT2D eigenvalue weighted by Crippen LogP contribution is 2.24. The van der Waals surface area contributed by atoms with Gasteiger partial charge in [0.2, 0.25) is 0 Å². The van der Waals surface area contributed by atoms with Crippen molar-refractivity contribution in [2.75, 3.05) is 4.43 Å². The average Bonchev–Trinajstić information content (AvgIpc) is 2.16. The maximum absolute atomic E-state index is 9.14. The number of hydrogen-bond acceptors (Lipinski definition) is 1. The zero-order valence-electron chi connectivity index (χ0n) is 7.83. The molecule has 0 bridgehead atoms. The third-order valence-corrected chi connectivity index (χ3v) is 3.25. The normalized spacial score (nSPS) is 12.8. The second-order valence-corrected chi connectivity index (χ2v) is 4.11. The van der Waals surface area contributed by atoms with Gasteiger partial charge in [-0.3, -0.25) is 0 Å². The molecule has 1 rings (SSSR count). The molecule has 0 spiro atoms. The van der Waals surface area contributed by atoms with Gasteiger partial charge in [0.15, 0.2) is 0 Å². The first-order valence-electron chi connectivity index (χ1n) is 4.62. The number of halogens is 1. The Hall–Kier alpha value is -0.250. The van der Waals surface area contributed by atoms with E-state index in [9.17, 15) is 0 Å². The lowest BCUT2D eigenvalue weighted by Gasteiger charge is -2.12. The van der Waals surface area contributed by atoms with E-state index in [1.165, 1.54) is 18.4 Å². The zero-order chi connectivity index (χ0) is 9.68. The second-order valence-electron chi connectivity index (χ2n) is 3.23. The molecule has 0 aromatic heterocycles. The molecule has 1 aromatic carbocycles. The Morgan fingerprint density at radius 2 is 1.92 bits per heavy atom. The molecule has 0 aliphatic heterocycles. The summed E-state index contributed by atoms with van der Waals surface area (Å²) >= 11 is 2.42. The number of phenolic OH excluding ortho intramolecular Hbond substituents is 1. The Labute approximate surface area is 93.3 Å². The molecule has 0 aliphatic carbocycles. The van der Waals surface area contributed by atoms with E-state index in [1.54, 1.807) is 12.1 Å². The molecular formula is C11H15IO. The van der Waals surface area contributed by atoms with E-state index in [2.05, 4.69) is 29.5 Å². The first kappa shape index (κ1) is 10.8. The smallest absolute Gasteiger partial charge is 0.115 e.